The van der Waals surface area contributed by atoms with Gasteiger partial charge in [-0.3, -0.25) is 20.0 Å². The normalized spacial score (nSPS) is 14.5. The predicted octanol–water partition coefficient (Wildman–Crippen LogP) is 2.21. The van der Waals surface area contributed by atoms with Crippen molar-refractivity contribution in [2.45, 2.75) is 11.9 Å². The number of carbonyl (C=O) groups excluding carboxylic acids is 1. The van der Waals surface area contributed by atoms with Crippen LogP contribution in [0.2, 0.25) is 0 Å². The number of halogens is 1. The number of thioether (sulfide) groups is 1. The first-order chi connectivity index (χ1) is 12.5. The van der Waals surface area contributed by atoms with Crippen molar-refractivity contribution >= 4 is 29.0 Å². The fourth-order valence-corrected chi connectivity index (χ4v) is 3.72. The van der Waals surface area contributed by atoms with Crippen LogP contribution in [0.3, 0.4) is 0 Å². The number of rotatable bonds is 5. The van der Waals surface area contributed by atoms with Crippen molar-refractivity contribution in [3.05, 3.63) is 45.9 Å². The number of piperazine rings is 1. The Hall–Kier alpha value is -2.62. The summed E-state index contributed by atoms with van der Waals surface area (Å²) in [6.07, 6.45) is 0. The number of nitro groups is 1. The summed E-state index contributed by atoms with van der Waals surface area (Å²) in [6, 6.07) is 6.29. The number of carbonyl (C=O) groups is 1. The highest BCUT2D eigenvalue weighted by Gasteiger charge is 2.25. The highest BCUT2D eigenvalue weighted by atomic mass is 32.2. The van der Waals surface area contributed by atoms with Gasteiger partial charge in [0.25, 0.3) is 0 Å². The number of nitrogens with one attached hydrogen (secondary N) is 1. The third kappa shape index (κ3) is 3.96. The second-order valence-corrected chi connectivity index (χ2v) is 6.86. The number of anilines is 1. The third-order valence-electron chi connectivity index (χ3n) is 4.22. The van der Waals surface area contributed by atoms with E-state index in [0.29, 0.717) is 31.9 Å². The minimum atomic E-state index is -0.493. The van der Waals surface area contributed by atoms with Crippen molar-refractivity contribution in [2.24, 2.45) is 0 Å². The van der Waals surface area contributed by atoms with Crippen LogP contribution in [-0.4, -0.2) is 57.9 Å². The Balaban J connectivity index is 1.53. The van der Waals surface area contributed by atoms with Crippen LogP contribution < -0.4 is 4.90 Å². The topological polar surface area (TPSA) is 95.4 Å². The molecule has 10 heteroatoms. The number of aromatic nitrogens is 2. The summed E-state index contributed by atoms with van der Waals surface area (Å²) in [4.78, 5) is 26.8. The van der Waals surface area contributed by atoms with Crippen LogP contribution in [0, 0.1) is 22.9 Å². The molecular weight excluding hydrogens is 361 g/mol. The van der Waals surface area contributed by atoms with Crippen LogP contribution in [0.1, 0.15) is 5.69 Å². The molecule has 138 valence electrons. The largest absolute Gasteiger partial charge is 0.368 e. The highest BCUT2D eigenvalue weighted by Crippen LogP contribution is 2.29. The lowest BCUT2D eigenvalue weighted by Gasteiger charge is -2.36. The standard InChI is InChI=1S/C16H18FN5O3S/c1-11-15(22(24)25)16(19-18-11)26-10-14(23)21-8-6-20(7-9-21)13-4-2-12(17)3-5-13/h2-5H,6-10H2,1H3,(H,18,19). The molecule has 0 saturated carbocycles. The minimum absolute atomic E-state index is 0.0797. The molecule has 0 atom stereocenters. The van der Waals surface area contributed by atoms with Gasteiger partial charge in [-0.2, -0.15) is 5.10 Å². The summed E-state index contributed by atoms with van der Waals surface area (Å²) in [6.45, 7) is 4.00. The number of nitrogens with zero attached hydrogens (tertiary/aromatic N) is 4. The molecule has 1 aliphatic heterocycles. The molecule has 1 N–H and O–H groups in total. The Bertz CT molecular complexity index is 803. The van der Waals surface area contributed by atoms with E-state index in [1.165, 1.54) is 12.1 Å². The van der Waals surface area contributed by atoms with Gasteiger partial charge in [0.2, 0.25) is 5.91 Å². The number of hydrogen-bond donors (Lipinski definition) is 1. The molecule has 1 aromatic carbocycles. The lowest BCUT2D eigenvalue weighted by atomic mass is 10.2. The number of hydrogen-bond acceptors (Lipinski definition) is 6. The van der Waals surface area contributed by atoms with Crippen LogP contribution >= 0.6 is 11.8 Å². The van der Waals surface area contributed by atoms with E-state index in [9.17, 15) is 19.3 Å². The molecule has 26 heavy (non-hydrogen) atoms. The van der Waals surface area contributed by atoms with Gasteiger partial charge in [0.1, 0.15) is 11.5 Å². The monoisotopic (exact) mass is 379 g/mol. The fraction of sp³-hybridized carbons (Fsp3) is 0.375. The zero-order valence-electron chi connectivity index (χ0n) is 14.1. The number of H-pyrrole nitrogens is 1. The summed E-state index contributed by atoms with van der Waals surface area (Å²) in [5.74, 6) is -0.257. The van der Waals surface area contributed by atoms with Crippen LogP contribution in [-0.2, 0) is 4.79 Å². The van der Waals surface area contributed by atoms with Crippen LogP contribution in [0.15, 0.2) is 29.3 Å². The van der Waals surface area contributed by atoms with Gasteiger partial charge in [-0.25, -0.2) is 4.39 Å². The van der Waals surface area contributed by atoms with E-state index in [1.54, 1.807) is 24.0 Å². The van der Waals surface area contributed by atoms with Crippen LogP contribution in [0.25, 0.3) is 0 Å². The summed E-state index contributed by atoms with van der Waals surface area (Å²) in [5, 5.41) is 17.8. The molecular formula is C16H18FN5O3S. The second-order valence-electron chi connectivity index (χ2n) is 5.89. The van der Waals surface area contributed by atoms with E-state index in [1.807, 2.05) is 0 Å². The number of aromatic amines is 1. The Morgan fingerprint density at radius 2 is 1.96 bits per heavy atom. The molecule has 0 bridgehead atoms. The molecule has 0 unspecified atom stereocenters. The van der Waals surface area contributed by atoms with Crippen LogP contribution in [0.4, 0.5) is 15.8 Å². The lowest BCUT2D eigenvalue weighted by molar-refractivity contribution is -0.388. The summed E-state index contributed by atoms with van der Waals surface area (Å²) < 4.78 is 13.0. The Morgan fingerprint density at radius 3 is 2.58 bits per heavy atom. The van der Waals surface area contributed by atoms with Gasteiger partial charge < -0.3 is 9.80 Å². The SMILES string of the molecule is Cc1[nH]nc(SCC(=O)N2CCN(c3ccc(F)cc3)CC2)c1[N+](=O)[O-]. The fourth-order valence-electron chi connectivity index (χ4n) is 2.80. The van der Waals surface area contributed by atoms with E-state index < -0.39 is 4.92 Å². The Kier molecular flexibility index (Phi) is 5.40. The quantitative estimate of drug-likeness (QED) is 0.486. The van der Waals surface area contributed by atoms with Gasteiger partial charge in [0.15, 0.2) is 5.03 Å². The molecule has 0 aliphatic carbocycles. The van der Waals surface area contributed by atoms with Crippen molar-refractivity contribution in [3.8, 4) is 0 Å². The van der Waals surface area contributed by atoms with Gasteiger partial charge in [0, 0.05) is 31.9 Å². The number of amides is 1. The van der Waals surface area contributed by atoms with Gasteiger partial charge in [-0.1, -0.05) is 11.8 Å². The molecule has 1 amide bonds. The van der Waals surface area contributed by atoms with Crippen molar-refractivity contribution in [1.82, 2.24) is 15.1 Å². The van der Waals surface area contributed by atoms with Gasteiger partial charge >= 0.3 is 5.69 Å². The minimum Gasteiger partial charge on any atom is -0.368 e. The molecule has 1 fully saturated rings. The zero-order valence-corrected chi connectivity index (χ0v) is 15.0. The molecule has 1 saturated heterocycles. The molecule has 3 rings (SSSR count). The third-order valence-corrected chi connectivity index (χ3v) is 5.17. The van der Waals surface area contributed by atoms with Crippen molar-refractivity contribution in [2.75, 3.05) is 36.8 Å². The first-order valence-corrected chi connectivity index (χ1v) is 9.04. The van der Waals surface area contributed by atoms with Crippen molar-refractivity contribution in [3.63, 3.8) is 0 Å². The molecule has 2 heterocycles. The average Bonchev–Trinajstić information content (AvgIpc) is 3.01. The maximum atomic E-state index is 13.0. The van der Waals surface area contributed by atoms with E-state index in [0.717, 1.165) is 17.4 Å². The molecule has 1 aromatic heterocycles. The van der Waals surface area contributed by atoms with E-state index >= 15 is 0 Å². The Morgan fingerprint density at radius 1 is 1.31 bits per heavy atom. The van der Waals surface area contributed by atoms with Crippen molar-refractivity contribution in [1.29, 1.82) is 0 Å². The molecule has 2 aromatic rings. The Labute approximate surface area is 153 Å². The summed E-state index contributed by atoms with van der Waals surface area (Å²) in [5.41, 5.74) is 1.22. The van der Waals surface area contributed by atoms with Gasteiger partial charge in [-0.05, 0) is 31.2 Å². The summed E-state index contributed by atoms with van der Waals surface area (Å²) >= 11 is 1.07. The van der Waals surface area contributed by atoms with Crippen molar-refractivity contribution < 1.29 is 14.1 Å². The molecule has 0 radical (unpaired) electrons. The van der Waals surface area contributed by atoms with Gasteiger partial charge in [0.05, 0.1) is 10.7 Å². The summed E-state index contributed by atoms with van der Waals surface area (Å²) in [7, 11) is 0. The average molecular weight is 379 g/mol. The number of benzene rings is 1. The first kappa shape index (κ1) is 18.2. The van der Waals surface area contributed by atoms with E-state index in [-0.39, 0.29) is 28.2 Å². The van der Waals surface area contributed by atoms with E-state index in [2.05, 4.69) is 15.1 Å². The maximum Gasteiger partial charge on any atom is 0.323 e. The predicted molar refractivity (Wildman–Crippen MR) is 95.9 cm³/mol. The molecule has 0 spiro atoms. The van der Waals surface area contributed by atoms with E-state index in [4.69, 9.17) is 0 Å². The molecule has 8 nitrogen and oxygen atoms in total. The molecule has 1 aliphatic rings. The maximum absolute atomic E-state index is 13.0. The lowest BCUT2D eigenvalue weighted by Crippen LogP contribution is -2.49. The number of aryl methyl sites for hydroxylation is 1. The first-order valence-electron chi connectivity index (χ1n) is 8.06. The second kappa shape index (κ2) is 7.73. The van der Waals surface area contributed by atoms with Crippen LogP contribution in [0.5, 0.6) is 0 Å². The smallest absolute Gasteiger partial charge is 0.323 e. The zero-order chi connectivity index (χ0) is 18.7. The van der Waals surface area contributed by atoms with Gasteiger partial charge in [-0.15, -0.1) is 0 Å². The highest BCUT2D eigenvalue weighted by molar-refractivity contribution is 8.00.